The van der Waals surface area contributed by atoms with Gasteiger partial charge in [-0.1, -0.05) is 176 Å². The van der Waals surface area contributed by atoms with Crippen LogP contribution in [0.3, 0.4) is 0 Å². The first kappa shape index (κ1) is 35.5. The highest BCUT2D eigenvalue weighted by atomic mass is 15.1. The quantitative estimate of drug-likeness (QED) is 0.150. The normalized spacial score (nSPS) is 12.1. The molecule has 1 aliphatic carbocycles. The Morgan fingerprint density at radius 2 is 1.00 bits per heavy atom. The number of hydrogen-bond acceptors (Lipinski definition) is 1. The molecule has 2 heteroatoms. The van der Waals surface area contributed by atoms with Crippen LogP contribution >= 0.6 is 0 Å². The van der Waals surface area contributed by atoms with Gasteiger partial charge in [-0.15, -0.1) is 0 Å². The molecule has 0 fully saturated rings. The summed E-state index contributed by atoms with van der Waals surface area (Å²) in [5, 5.41) is 3.83. The van der Waals surface area contributed by atoms with Gasteiger partial charge in [0.15, 0.2) is 0 Å². The highest BCUT2D eigenvalue weighted by Gasteiger charge is 2.23. The molecule has 0 saturated heterocycles. The topological polar surface area (TPSA) is 8.17 Å². The van der Waals surface area contributed by atoms with Gasteiger partial charge in [-0.3, -0.25) is 0 Å². The van der Waals surface area contributed by atoms with E-state index in [4.69, 9.17) is 0 Å². The summed E-state index contributed by atoms with van der Waals surface area (Å²) in [6, 6.07) is 79.6. The third-order valence-electron chi connectivity index (χ3n) is 12.1. The average Bonchev–Trinajstić information content (AvgIpc) is 3.67. The van der Waals surface area contributed by atoms with Gasteiger partial charge >= 0.3 is 0 Å². The maximum absolute atomic E-state index is 2.46. The Kier molecular flexibility index (Phi) is 9.02. The molecule has 10 aromatic rings. The second-order valence-electron chi connectivity index (χ2n) is 15.6. The lowest BCUT2D eigenvalue weighted by molar-refractivity contribution is 0.968. The summed E-state index contributed by atoms with van der Waals surface area (Å²) >= 11 is 0. The fraction of sp³-hybridized carbons (Fsp3) is 0.0345. The maximum Gasteiger partial charge on any atom is 0.0540 e. The lowest BCUT2D eigenvalue weighted by Gasteiger charge is -2.30. The molecule has 0 radical (unpaired) electrons. The Bertz CT molecular complexity index is 3180. The van der Waals surface area contributed by atoms with E-state index in [-0.39, 0.29) is 0 Å². The molecule has 0 saturated carbocycles. The minimum Gasteiger partial charge on any atom is -0.310 e. The number of anilines is 3. The van der Waals surface area contributed by atoms with E-state index in [2.05, 4.69) is 240 Å². The predicted octanol–water partition coefficient (Wildman–Crippen LogP) is 15.9. The van der Waals surface area contributed by atoms with Gasteiger partial charge in [0, 0.05) is 33.6 Å². The molecule has 0 atom stereocenters. The summed E-state index contributed by atoms with van der Waals surface area (Å²) in [5.41, 5.74) is 17.9. The van der Waals surface area contributed by atoms with Gasteiger partial charge in [-0.25, -0.2) is 0 Å². The van der Waals surface area contributed by atoms with Gasteiger partial charge in [-0.2, -0.15) is 0 Å². The van der Waals surface area contributed by atoms with E-state index in [0.717, 1.165) is 57.8 Å². The van der Waals surface area contributed by atoms with Crippen LogP contribution in [-0.4, -0.2) is 4.57 Å². The number of hydrogen-bond donors (Lipinski definition) is 0. The summed E-state index contributed by atoms with van der Waals surface area (Å²) < 4.78 is 2.45. The third kappa shape index (κ3) is 6.31. The van der Waals surface area contributed by atoms with Crippen LogP contribution in [0.4, 0.5) is 17.1 Å². The van der Waals surface area contributed by atoms with Crippen molar-refractivity contribution in [3.8, 4) is 50.2 Å². The first-order valence-corrected chi connectivity index (χ1v) is 20.9. The molecular formula is C58H42N2. The minimum atomic E-state index is 1.06. The second-order valence-corrected chi connectivity index (χ2v) is 15.6. The van der Waals surface area contributed by atoms with E-state index in [1.165, 1.54) is 55.2 Å². The van der Waals surface area contributed by atoms with Gasteiger partial charge in [0.2, 0.25) is 0 Å². The number of fused-ring (bicyclic) bond motifs is 4. The van der Waals surface area contributed by atoms with Crippen LogP contribution in [0.1, 0.15) is 17.7 Å². The van der Waals surface area contributed by atoms with Crippen LogP contribution in [0.2, 0.25) is 0 Å². The standard InChI is InChI=1S/C58H42N2/c1-3-17-41(18-4-1)42-33-36-47(37-34-42)59(58-38-35-46(40-54(58)44-19-5-2-6-20-44)50-29-16-22-43-21-7-8-25-49(43)50)55-30-12-9-26-51(55)45-23-15-24-48(39-45)60-56-31-13-10-27-52(56)53-28-11-14-32-57(53)60/h1-10,12-27,29-40H,11,28H2. The summed E-state index contributed by atoms with van der Waals surface area (Å²) in [5.74, 6) is 0. The molecule has 0 aliphatic heterocycles. The zero-order valence-corrected chi connectivity index (χ0v) is 33.2. The van der Waals surface area contributed by atoms with Crippen molar-refractivity contribution in [2.45, 2.75) is 12.8 Å². The van der Waals surface area contributed by atoms with Crippen LogP contribution in [-0.2, 0) is 6.42 Å². The molecule has 284 valence electrons. The molecule has 1 aliphatic rings. The van der Waals surface area contributed by atoms with Crippen LogP contribution in [0.15, 0.2) is 224 Å². The highest BCUT2D eigenvalue weighted by molar-refractivity contribution is 6.00. The van der Waals surface area contributed by atoms with E-state index in [9.17, 15) is 0 Å². The largest absolute Gasteiger partial charge is 0.310 e. The number of aryl methyl sites for hydroxylation is 1. The van der Waals surface area contributed by atoms with E-state index < -0.39 is 0 Å². The van der Waals surface area contributed by atoms with Crippen molar-refractivity contribution < 1.29 is 0 Å². The maximum atomic E-state index is 2.46. The SMILES string of the molecule is C1=Cc2c(c3ccccc3n2-c2cccc(-c3ccccc3N(c3ccc(-c4ccccc4)cc3)c3ccc(-c4cccc5ccccc45)cc3-c3ccccc3)c2)CC1. The van der Waals surface area contributed by atoms with Gasteiger partial charge in [0.1, 0.15) is 0 Å². The van der Waals surface area contributed by atoms with Crippen LogP contribution in [0, 0.1) is 0 Å². The van der Waals surface area contributed by atoms with Crippen molar-refractivity contribution in [3.63, 3.8) is 0 Å². The molecular weight excluding hydrogens is 725 g/mol. The summed E-state index contributed by atoms with van der Waals surface area (Å²) in [6.45, 7) is 0. The Morgan fingerprint density at radius 1 is 0.400 bits per heavy atom. The first-order chi connectivity index (χ1) is 29.8. The van der Waals surface area contributed by atoms with Crippen LogP contribution < -0.4 is 4.90 Å². The smallest absolute Gasteiger partial charge is 0.0540 e. The molecule has 0 bridgehead atoms. The van der Waals surface area contributed by atoms with Crippen molar-refractivity contribution in [3.05, 3.63) is 236 Å². The summed E-state index contributed by atoms with van der Waals surface area (Å²) in [4.78, 5) is 2.46. The first-order valence-electron chi connectivity index (χ1n) is 20.9. The molecule has 1 heterocycles. The van der Waals surface area contributed by atoms with Gasteiger partial charge in [0.25, 0.3) is 0 Å². The van der Waals surface area contributed by atoms with Gasteiger partial charge in [0.05, 0.1) is 16.9 Å². The number of benzene rings is 9. The number of rotatable bonds is 8. The van der Waals surface area contributed by atoms with E-state index in [0.29, 0.717) is 0 Å². The fourth-order valence-electron chi connectivity index (χ4n) is 9.26. The molecule has 11 rings (SSSR count). The zero-order valence-electron chi connectivity index (χ0n) is 33.2. The molecule has 60 heavy (non-hydrogen) atoms. The van der Waals surface area contributed by atoms with Crippen molar-refractivity contribution >= 4 is 44.8 Å². The van der Waals surface area contributed by atoms with Crippen molar-refractivity contribution in [2.24, 2.45) is 0 Å². The Morgan fingerprint density at radius 3 is 1.85 bits per heavy atom. The van der Waals surface area contributed by atoms with Crippen molar-refractivity contribution in [1.82, 2.24) is 4.57 Å². The Labute approximate surface area is 351 Å². The van der Waals surface area contributed by atoms with E-state index >= 15 is 0 Å². The molecule has 0 amide bonds. The third-order valence-corrected chi connectivity index (χ3v) is 12.1. The average molecular weight is 767 g/mol. The molecule has 0 N–H and O–H groups in total. The minimum absolute atomic E-state index is 1.06. The number of allylic oxidation sites excluding steroid dienone is 1. The molecule has 9 aromatic carbocycles. The van der Waals surface area contributed by atoms with Crippen LogP contribution in [0.5, 0.6) is 0 Å². The van der Waals surface area contributed by atoms with Crippen LogP contribution in [0.25, 0.3) is 77.9 Å². The number of aromatic nitrogens is 1. The highest BCUT2D eigenvalue weighted by Crippen LogP contribution is 2.47. The Hall–Kier alpha value is -7.68. The number of para-hydroxylation sites is 2. The lowest BCUT2D eigenvalue weighted by Crippen LogP contribution is -2.12. The fourth-order valence-corrected chi connectivity index (χ4v) is 9.26. The second kappa shape index (κ2) is 15.2. The van der Waals surface area contributed by atoms with Crippen molar-refractivity contribution in [2.75, 3.05) is 4.90 Å². The predicted molar refractivity (Wildman–Crippen MR) is 255 cm³/mol. The number of nitrogens with zero attached hydrogens (tertiary/aromatic N) is 2. The molecule has 0 unspecified atom stereocenters. The monoisotopic (exact) mass is 766 g/mol. The van der Waals surface area contributed by atoms with E-state index in [1.54, 1.807) is 0 Å². The summed E-state index contributed by atoms with van der Waals surface area (Å²) in [7, 11) is 0. The molecule has 0 spiro atoms. The summed E-state index contributed by atoms with van der Waals surface area (Å²) in [6.07, 6.45) is 6.76. The Balaban J connectivity index is 1.12. The zero-order chi connectivity index (χ0) is 39.8. The lowest BCUT2D eigenvalue weighted by atomic mass is 9.93. The van der Waals surface area contributed by atoms with Crippen molar-refractivity contribution in [1.29, 1.82) is 0 Å². The van der Waals surface area contributed by atoms with Gasteiger partial charge < -0.3 is 9.47 Å². The molecule has 2 nitrogen and oxygen atoms in total. The van der Waals surface area contributed by atoms with E-state index in [1.807, 2.05) is 0 Å². The van der Waals surface area contributed by atoms with Gasteiger partial charge in [-0.05, 0) is 117 Å². The molecule has 1 aromatic heterocycles.